The zero-order valence-electron chi connectivity index (χ0n) is 17.4. The van der Waals surface area contributed by atoms with Crippen LogP contribution >= 0.6 is 11.8 Å². The average Bonchev–Trinajstić information content (AvgIpc) is 3.06. The van der Waals surface area contributed by atoms with Crippen LogP contribution in [0.4, 0.5) is 0 Å². The Hall–Kier alpha value is -1.69. The fraction of sp³-hybridized carbons (Fsp3) is 0.619. The number of nitrogens with one attached hydrogen (secondary N) is 1. The van der Waals surface area contributed by atoms with Crippen LogP contribution in [-0.4, -0.2) is 47.0 Å². The maximum absolute atomic E-state index is 13.3. The van der Waals surface area contributed by atoms with Gasteiger partial charge in [0.25, 0.3) is 5.91 Å². The zero-order chi connectivity index (χ0) is 20.4. The summed E-state index contributed by atoms with van der Waals surface area (Å²) in [6, 6.07) is 6.67. The maximum Gasteiger partial charge on any atom is 0.255 e. The van der Waals surface area contributed by atoms with Gasteiger partial charge < -0.3 is 15.0 Å². The number of amides is 2. The van der Waals surface area contributed by atoms with Gasteiger partial charge in [0.1, 0.15) is 11.8 Å². The molecule has 27 heavy (non-hydrogen) atoms. The molecule has 0 spiro atoms. The summed E-state index contributed by atoms with van der Waals surface area (Å²) in [5, 5.41) is 3.02. The van der Waals surface area contributed by atoms with Crippen LogP contribution in [0.1, 0.15) is 51.9 Å². The van der Waals surface area contributed by atoms with Gasteiger partial charge in [-0.1, -0.05) is 34.6 Å². The van der Waals surface area contributed by atoms with Crippen LogP contribution in [0.5, 0.6) is 5.75 Å². The molecule has 0 bridgehead atoms. The molecule has 1 aromatic carbocycles. The number of carbonyl (C=O) groups is 2. The van der Waals surface area contributed by atoms with Crippen LogP contribution in [-0.2, 0) is 4.79 Å². The van der Waals surface area contributed by atoms with Gasteiger partial charge in [0.05, 0.1) is 12.5 Å². The standard InChI is InChI=1S/C21H32N2O3S/c1-13(2)14(3)22-18(24)17-12-27-20(21(4,5)6)23(17)19(25)15-8-10-16(26-7)11-9-15/h8-11,13-14,17,20H,12H2,1-7H3,(H,22,24). The minimum atomic E-state index is -0.463. The molecule has 3 unspecified atom stereocenters. The number of thioether (sulfide) groups is 1. The Labute approximate surface area is 167 Å². The highest BCUT2D eigenvalue weighted by molar-refractivity contribution is 8.00. The molecule has 0 aliphatic carbocycles. The van der Waals surface area contributed by atoms with E-state index in [1.54, 1.807) is 48.0 Å². The first kappa shape index (κ1) is 21.6. The van der Waals surface area contributed by atoms with Gasteiger partial charge in [-0.3, -0.25) is 9.59 Å². The third-order valence-electron chi connectivity index (χ3n) is 4.99. The monoisotopic (exact) mass is 392 g/mol. The van der Waals surface area contributed by atoms with Crippen LogP contribution in [0.3, 0.4) is 0 Å². The van der Waals surface area contributed by atoms with E-state index in [0.29, 0.717) is 23.0 Å². The van der Waals surface area contributed by atoms with Gasteiger partial charge in [-0.05, 0) is 42.5 Å². The average molecular weight is 393 g/mol. The Kier molecular flexibility index (Phi) is 6.84. The smallest absolute Gasteiger partial charge is 0.255 e. The highest BCUT2D eigenvalue weighted by Crippen LogP contribution is 2.41. The molecule has 150 valence electrons. The second-order valence-corrected chi connectivity index (χ2v) is 9.66. The lowest BCUT2D eigenvalue weighted by molar-refractivity contribution is -0.126. The summed E-state index contributed by atoms with van der Waals surface area (Å²) in [5.74, 6) is 1.47. The van der Waals surface area contributed by atoms with Gasteiger partial charge >= 0.3 is 0 Å². The third kappa shape index (κ3) is 4.98. The number of ether oxygens (including phenoxy) is 1. The second kappa shape index (κ2) is 8.55. The largest absolute Gasteiger partial charge is 0.497 e. The Morgan fingerprint density at radius 3 is 2.26 bits per heavy atom. The van der Waals surface area contributed by atoms with Crippen molar-refractivity contribution in [3.05, 3.63) is 29.8 Å². The SMILES string of the molecule is COc1ccc(C(=O)N2C(C(=O)NC(C)C(C)C)CSC2C(C)(C)C)cc1. The molecule has 3 atom stereocenters. The first-order valence-electron chi connectivity index (χ1n) is 9.45. The molecule has 1 aromatic rings. The van der Waals surface area contributed by atoms with Crippen molar-refractivity contribution in [1.82, 2.24) is 10.2 Å². The van der Waals surface area contributed by atoms with Crippen molar-refractivity contribution in [2.45, 2.75) is 59.0 Å². The van der Waals surface area contributed by atoms with Crippen molar-refractivity contribution in [2.24, 2.45) is 11.3 Å². The lowest BCUT2D eigenvalue weighted by Crippen LogP contribution is -2.54. The van der Waals surface area contributed by atoms with Gasteiger partial charge in [-0.25, -0.2) is 0 Å². The molecule has 0 aromatic heterocycles. The van der Waals surface area contributed by atoms with Crippen molar-refractivity contribution in [3.63, 3.8) is 0 Å². The van der Waals surface area contributed by atoms with Crippen molar-refractivity contribution in [2.75, 3.05) is 12.9 Å². The second-order valence-electron chi connectivity index (χ2n) is 8.55. The molecular weight excluding hydrogens is 360 g/mol. The van der Waals surface area contributed by atoms with Crippen molar-refractivity contribution in [3.8, 4) is 5.75 Å². The molecule has 5 nitrogen and oxygen atoms in total. The Morgan fingerprint density at radius 2 is 1.78 bits per heavy atom. The summed E-state index contributed by atoms with van der Waals surface area (Å²) in [5.41, 5.74) is 0.438. The fourth-order valence-electron chi connectivity index (χ4n) is 2.99. The van der Waals surface area contributed by atoms with E-state index in [1.807, 2.05) is 6.92 Å². The third-order valence-corrected chi connectivity index (χ3v) is 6.74. The molecule has 0 radical (unpaired) electrons. The van der Waals surface area contributed by atoms with Crippen LogP contribution in [0, 0.1) is 11.3 Å². The van der Waals surface area contributed by atoms with E-state index >= 15 is 0 Å². The number of rotatable bonds is 5. The first-order valence-corrected chi connectivity index (χ1v) is 10.5. The molecule has 1 saturated heterocycles. The molecule has 2 amide bonds. The quantitative estimate of drug-likeness (QED) is 0.828. The number of methoxy groups -OCH3 is 1. The van der Waals surface area contributed by atoms with Crippen LogP contribution < -0.4 is 10.1 Å². The Morgan fingerprint density at radius 1 is 1.19 bits per heavy atom. The number of carbonyl (C=O) groups excluding carboxylic acids is 2. The topological polar surface area (TPSA) is 58.6 Å². The Balaban J connectivity index is 2.30. The van der Waals surface area contributed by atoms with Gasteiger partial charge in [0, 0.05) is 17.4 Å². The Bertz CT molecular complexity index is 667. The minimum absolute atomic E-state index is 0.0581. The molecule has 6 heteroatoms. The fourth-order valence-corrected chi connectivity index (χ4v) is 4.57. The lowest BCUT2D eigenvalue weighted by Gasteiger charge is -2.37. The van der Waals surface area contributed by atoms with Crippen molar-refractivity contribution in [1.29, 1.82) is 0 Å². The zero-order valence-corrected chi connectivity index (χ0v) is 18.2. The number of nitrogens with zero attached hydrogens (tertiary/aromatic N) is 1. The molecule has 2 rings (SSSR count). The summed E-state index contributed by atoms with van der Waals surface area (Å²) in [6.07, 6.45) is 0. The van der Waals surface area contributed by atoms with Gasteiger partial charge in [-0.2, -0.15) is 0 Å². The van der Waals surface area contributed by atoms with Crippen molar-refractivity contribution >= 4 is 23.6 Å². The summed E-state index contributed by atoms with van der Waals surface area (Å²) in [7, 11) is 1.60. The predicted molar refractivity (Wildman–Crippen MR) is 111 cm³/mol. The van der Waals surface area contributed by atoms with E-state index in [9.17, 15) is 9.59 Å². The molecule has 0 saturated carbocycles. The summed E-state index contributed by atoms with van der Waals surface area (Å²) in [4.78, 5) is 28.0. The van der Waals surface area contributed by atoms with E-state index in [2.05, 4.69) is 39.9 Å². The summed E-state index contributed by atoms with van der Waals surface area (Å²) >= 11 is 1.68. The highest BCUT2D eigenvalue weighted by atomic mass is 32.2. The molecule has 1 N–H and O–H groups in total. The van der Waals surface area contributed by atoms with Gasteiger partial charge in [0.2, 0.25) is 5.91 Å². The van der Waals surface area contributed by atoms with E-state index < -0.39 is 6.04 Å². The maximum atomic E-state index is 13.3. The van der Waals surface area contributed by atoms with Crippen LogP contribution in [0.15, 0.2) is 24.3 Å². The van der Waals surface area contributed by atoms with Gasteiger partial charge in [0.15, 0.2) is 0 Å². The predicted octanol–water partition coefficient (Wildman–Crippen LogP) is 3.79. The van der Waals surface area contributed by atoms with Crippen LogP contribution in [0.2, 0.25) is 0 Å². The highest BCUT2D eigenvalue weighted by Gasteiger charge is 2.46. The van der Waals surface area contributed by atoms with E-state index in [-0.39, 0.29) is 28.6 Å². The molecule has 1 aliphatic rings. The first-order chi connectivity index (χ1) is 12.6. The van der Waals surface area contributed by atoms with Crippen molar-refractivity contribution < 1.29 is 14.3 Å². The normalized spacial score (nSPS) is 21.3. The van der Waals surface area contributed by atoms with E-state index in [1.165, 1.54) is 0 Å². The van der Waals surface area contributed by atoms with Gasteiger partial charge in [-0.15, -0.1) is 11.8 Å². The lowest BCUT2D eigenvalue weighted by atomic mass is 9.94. The molecule has 1 heterocycles. The molecule has 1 fully saturated rings. The molecular formula is C21H32N2O3S. The molecule has 1 aliphatic heterocycles. The van der Waals surface area contributed by atoms with E-state index in [4.69, 9.17) is 4.74 Å². The number of hydrogen-bond donors (Lipinski definition) is 1. The number of benzene rings is 1. The minimum Gasteiger partial charge on any atom is -0.497 e. The van der Waals surface area contributed by atoms with Crippen LogP contribution in [0.25, 0.3) is 0 Å². The summed E-state index contributed by atoms with van der Waals surface area (Å²) in [6.45, 7) is 12.5. The summed E-state index contributed by atoms with van der Waals surface area (Å²) < 4.78 is 5.18. The van der Waals surface area contributed by atoms with E-state index in [0.717, 1.165) is 0 Å². The number of hydrogen-bond acceptors (Lipinski definition) is 4.